The molecule has 0 unspecified atom stereocenters. The molecule has 2 aromatic rings. The van der Waals surface area contributed by atoms with Gasteiger partial charge in [0.05, 0.1) is 0 Å². The zero-order valence-corrected chi connectivity index (χ0v) is 11.6. The molecule has 0 N–H and O–H groups in total. The van der Waals surface area contributed by atoms with E-state index in [0.29, 0.717) is 0 Å². The van der Waals surface area contributed by atoms with Crippen LogP contribution in [0.4, 0.5) is 0 Å². The Morgan fingerprint density at radius 1 is 0.941 bits per heavy atom. The molecule has 2 heteroatoms. The number of rotatable bonds is 3. The molecule has 17 heavy (non-hydrogen) atoms. The van der Waals surface area contributed by atoms with Crippen molar-refractivity contribution in [3.05, 3.63) is 76.8 Å². The third-order valence-electron chi connectivity index (χ3n) is 2.52. The van der Waals surface area contributed by atoms with Crippen molar-refractivity contribution in [3.8, 4) is 0 Å². The minimum Gasteiger partial charge on any atom is -0.0883 e. The van der Waals surface area contributed by atoms with Crippen LogP contribution in [-0.4, -0.2) is 5.33 Å². The van der Waals surface area contributed by atoms with Gasteiger partial charge in [0.25, 0.3) is 0 Å². The molecule has 0 amide bonds. The van der Waals surface area contributed by atoms with Gasteiger partial charge in [-0.25, -0.2) is 0 Å². The standard InChI is InChI=1S/C15H12BrCl/c16-11-10-15(12-4-2-1-3-5-12)13-6-8-14(17)9-7-13/h1-10H,11H2/b15-10+. The van der Waals surface area contributed by atoms with Crippen LogP contribution in [0.1, 0.15) is 11.1 Å². The average molecular weight is 308 g/mol. The maximum absolute atomic E-state index is 5.91. The molecule has 0 aliphatic rings. The Kier molecular flexibility index (Phi) is 4.41. The van der Waals surface area contributed by atoms with Crippen LogP contribution in [-0.2, 0) is 0 Å². The highest BCUT2D eigenvalue weighted by molar-refractivity contribution is 9.09. The van der Waals surface area contributed by atoms with E-state index in [9.17, 15) is 0 Å². The fourth-order valence-corrected chi connectivity index (χ4v) is 2.18. The van der Waals surface area contributed by atoms with Crippen LogP contribution in [0.2, 0.25) is 5.02 Å². The lowest BCUT2D eigenvalue weighted by Gasteiger charge is -2.08. The second-order valence-electron chi connectivity index (χ2n) is 3.65. The molecule has 86 valence electrons. The van der Waals surface area contributed by atoms with Crippen LogP contribution in [0.15, 0.2) is 60.7 Å². The van der Waals surface area contributed by atoms with Gasteiger partial charge < -0.3 is 0 Å². The number of benzene rings is 2. The van der Waals surface area contributed by atoms with Crippen LogP contribution in [0.5, 0.6) is 0 Å². The Morgan fingerprint density at radius 3 is 2.12 bits per heavy atom. The van der Waals surface area contributed by atoms with Gasteiger partial charge in [0.15, 0.2) is 0 Å². The van der Waals surface area contributed by atoms with Gasteiger partial charge in [-0.1, -0.05) is 76.1 Å². The Hall–Kier alpha value is -1.05. The largest absolute Gasteiger partial charge is 0.0883 e. The first-order valence-electron chi connectivity index (χ1n) is 5.39. The molecule has 0 saturated heterocycles. The number of hydrogen-bond acceptors (Lipinski definition) is 0. The zero-order valence-electron chi connectivity index (χ0n) is 9.24. The van der Waals surface area contributed by atoms with Crippen LogP contribution in [0.25, 0.3) is 5.57 Å². The van der Waals surface area contributed by atoms with Crippen molar-refractivity contribution in [2.75, 3.05) is 5.33 Å². The van der Waals surface area contributed by atoms with E-state index in [1.807, 2.05) is 42.5 Å². The highest BCUT2D eigenvalue weighted by atomic mass is 79.9. The quantitative estimate of drug-likeness (QED) is 0.687. The van der Waals surface area contributed by atoms with E-state index in [0.717, 1.165) is 10.4 Å². The summed E-state index contributed by atoms with van der Waals surface area (Å²) in [5.41, 5.74) is 3.62. The summed E-state index contributed by atoms with van der Waals surface area (Å²) in [7, 11) is 0. The molecule has 0 saturated carbocycles. The number of alkyl halides is 1. The van der Waals surface area contributed by atoms with E-state index in [-0.39, 0.29) is 0 Å². The van der Waals surface area contributed by atoms with Gasteiger partial charge in [0.1, 0.15) is 0 Å². The topological polar surface area (TPSA) is 0 Å². The second-order valence-corrected chi connectivity index (χ2v) is 4.73. The fraction of sp³-hybridized carbons (Fsp3) is 0.0667. The lowest BCUT2D eigenvalue weighted by molar-refractivity contribution is 1.53. The molecule has 0 aromatic heterocycles. The summed E-state index contributed by atoms with van der Waals surface area (Å²) < 4.78 is 0. The van der Waals surface area contributed by atoms with E-state index < -0.39 is 0 Å². The van der Waals surface area contributed by atoms with Crippen molar-refractivity contribution in [1.82, 2.24) is 0 Å². The first-order chi connectivity index (χ1) is 8.31. The predicted octanol–water partition coefficient (Wildman–Crippen LogP) is 5.17. The normalized spacial score (nSPS) is 11.5. The molecule has 0 nitrogen and oxygen atoms in total. The molecule has 0 bridgehead atoms. The van der Waals surface area contributed by atoms with E-state index in [4.69, 9.17) is 11.6 Å². The molecular formula is C15H12BrCl. The number of allylic oxidation sites excluding steroid dienone is 1. The predicted molar refractivity (Wildman–Crippen MR) is 78.8 cm³/mol. The Morgan fingerprint density at radius 2 is 1.53 bits per heavy atom. The van der Waals surface area contributed by atoms with Gasteiger partial charge in [-0.3, -0.25) is 0 Å². The van der Waals surface area contributed by atoms with Crippen molar-refractivity contribution in [2.24, 2.45) is 0 Å². The molecule has 0 radical (unpaired) electrons. The highest BCUT2D eigenvalue weighted by Gasteiger charge is 2.03. The van der Waals surface area contributed by atoms with Crippen molar-refractivity contribution < 1.29 is 0 Å². The molecule has 0 heterocycles. The van der Waals surface area contributed by atoms with Gasteiger partial charge in [0.2, 0.25) is 0 Å². The summed E-state index contributed by atoms with van der Waals surface area (Å²) in [6.45, 7) is 0. The van der Waals surface area contributed by atoms with E-state index in [2.05, 4.69) is 34.1 Å². The van der Waals surface area contributed by atoms with E-state index in [1.165, 1.54) is 16.7 Å². The molecular weight excluding hydrogens is 296 g/mol. The van der Waals surface area contributed by atoms with Gasteiger partial charge >= 0.3 is 0 Å². The Bertz CT molecular complexity index is 500. The molecule has 0 atom stereocenters. The van der Waals surface area contributed by atoms with Gasteiger partial charge in [-0.05, 0) is 28.8 Å². The fourth-order valence-electron chi connectivity index (χ4n) is 1.73. The van der Waals surface area contributed by atoms with Crippen molar-refractivity contribution in [2.45, 2.75) is 0 Å². The maximum atomic E-state index is 5.91. The molecule has 0 fully saturated rings. The lowest BCUT2D eigenvalue weighted by atomic mass is 9.98. The summed E-state index contributed by atoms with van der Waals surface area (Å²) in [6.07, 6.45) is 2.17. The summed E-state index contributed by atoms with van der Waals surface area (Å²) in [5, 5.41) is 1.60. The molecule has 2 rings (SSSR count). The molecule has 0 aliphatic heterocycles. The minimum atomic E-state index is 0.764. The smallest absolute Gasteiger partial charge is 0.0406 e. The van der Waals surface area contributed by atoms with Gasteiger partial charge in [-0.2, -0.15) is 0 Å². The minimum absolute atomic E-state index is 0.764. The summed E-state index contributed by atoms with van der Waals surface area (Å²) in [6, 6.07) is 18.3. The summed E-state index contributed by atoms with van der Waals surface area (Å²) in [4.78, 5) is 0. The highest BCUT2D eigenvalue weighted by Crippen LogP contribution is 2.24. The number of halogens is 2. The number of hydrogen-bond donors (Lipinski definition) is 0. The Balaban J connectivity index is 2.44. The van der Waals surface area contributed by atoms with Crippen molar-refractivity contribution in [3.63, 3.8) is 0 Å². The van der Waals surface area contributed by atoms with Crippen LogP contribution in [0, 0.1) is 0 Å². The van der Waals surface area contributed by atoms with Gasteiger partial charge in [-0.15, -0.1) is 0 Å². The van der Waals surface area contributed by atoms with Crippen molar-refractivity contribution >= 4 is 33.1 Å². The molecule has 2 aromatic carbocycles. The van der Waals surface area contributed by atoms with Crippen LogP contribution in [0.3, 0.4) is 0 Å². The van der Waals surface area contributed by atoms with Gasteiger partial charge in [0, 0.05) is 10.4 Å². The Labute approximate surface area is 115 Å². The lowest BCUT2D eigenvalue weighted by Crippen LogP contribution is -1.88. The molecule has 0 aliphatic carbocycles. The van der Waals surface area contributed by atoms with Crippen LogP contribution >= 0.6 is 27.5 Å². The third-order valence-corrected chi connectivity index (χ3v) is 3.10. The summed E-state index contributed by atoms with van der Waals surface area (Å²) >= 11 is 9.37. The van der Waals surface area contributed by atoms with E-state index >= 15 is 0 Å². The SMILES string of the molecule is Clc1ccc(/C(=C/CBr)c2ccccc2)cc1. The molecule has 0 spiro atoms. The monoisotopic (exact) mass is 306 g/mol. The summed E-state index contributed by atoms with van der Waals surface area (Å²) in [5.74, 6) is 0. The zero-order chi connectivity index (χ0) is 12.1. The van der Waals surface area contributed by atoms with Crippen LogP contribution < -0.4 is 0 Å². The van der Waals surface area contributed by atoms with E-state index in [1.54, 1.807) is 0 Å². The second kappa shape index (κ2) is 6.04. The first kappa shape index (κ1) is 12.4. The van der Waals surface area contributed by atoms with Crippen molar-refractivity contribution in [1.29, 1.82) is 0 Å². The third kappa shape index (κ3) is 3.21. The maximum Gasteiger partial charge on any atom is 0.0406 e. The first-order valence-corrected chi connectivity index (χ1v) is 6.88. The average Bonchev–Trinajstić information content (AvgIpc) is 2.38.